The lowest BCUT2D eigenvalue weighted by atomic mass is 10.0. The first kappa shape index (κ1) is 17.0. The van der Waals surface area contributed by atoms with E-state index in [1.165, 1.54) is 0 Å². The molecule has 27 heavy (non-hydrogen) atoms. The quantitative estimate of drug-likeness (QED) is 0.565. The smallest absolute Gasteiger partial charge is 0.270 e. The van der Waals surface area contributed by atoms with Crippen molar-refractivity contribution in [1.29, 1.82) is 0 Å². The van der Waals surface area contributed by atoms with Crippen LogP contribution in [0.5, 0.6) is 0 Å². The van der Waals surface area contributed by atoms with Gasteiger partial charge in [-0.1, -0.05) is 48.5 Å². The second-order valence-corrected chi connectivity index (χ2v) is 6.55. The molecule has 0 spiro atoms. The van der Waals surface area contributed by atoms with E-state index in [0.29, 0.717) is 12.1 Å². The second-order valence-electron chi connectivity index (χ2n) is 6.55. The van der Waals surface area contributed by atoms with Gasteiger partial charge >= 0.3 is 0 Å². The molecule has 1 amide bonds. The highest BCUT2D eigenvalue weighted by Gasteiger charge is 2.22. The summed E-state index contributed by atoms with van der Waals surface area (Å²) in [5.41, 5.74) is 4.08. The van der Waals surface area contributed by atoms with Crippen molar-refractivity contribution in [3.05, 3.63) is 77.1 Å². The van der Waals surface area contributed by atoms with Gasteiger partial charge in [-0.2, -0.15) is 0 Å². The van der Waals surface area contributed by atoms with E-state index in [4.69, 9.17) is 0 Å². The Morgan fingerprint density at radius 3 is 2.56 bits per heavy atom. The average Bonchev–Trinajstić information content (AvgIpc) is 3.00. The maximum absolute atomic E-state index is 12.8. The predicted octanol–water partition coefficient (Wildman–Crippen LogP) is 3.78. The molecular formula is C22H19N3O2. The first-order valence-corrected chi connectivity index (χ1v) is 8.77. The number of benzene rings is 2. The zero-order valence-corrected chi connectivity index (χ0v) is 15.2. The number of aldehydes is 1. The summed E-state index contributed by atoms with van der Waals surface area (Å²) in [5, 5.41) is 4.59. The number of para-hydroxylation sites is 1. The van der Waals surface area contributed by atoms with E-state index in [1.807, 2.05) is 73.1 Å². The highest BCUT2D eigenvalue weighted by atomic mass is 16.2. The number of aryl methyl sites for hydroxylation is 2. The van der Waals surface area contributed by atoms with E-state index >= 15 is 0 Å². The largest absolute Gasteiger partial charge is 0.347 e. The number of carbonyl (C=O) groups excluding carboxylic acids is 2. The topological polar surface area (TPSA) is 64.0 Å². The van der Waals surface area contributed by atoms with Crippen molar-refractivity contribution < 1.29 is 9.59 Å². The lowest BCUT2D eigenvalue weighted by Crippen LogP contribution is -2.25. The van der Waals surface area contributed by atoms with Crippen molar-refractivity contribution in [1.82, 2.24) is 14.9 Å². The fourth-order valence-corrected chi connectivity index (χ4v) is 3.64. The fourth-order valence-electron chi connectivity index (χ4n) is 3.64. The van der Waals surface area contributed by atoms with Crippen LogP contribution in [0.1, 0.15) is 32.1 Å². The molecule has 0 radical (unpaired) electrons. The molecule has 0 atom stereocenters. The summed E-state index contributed by atoms with van der Waals surface area (Å²) in [6, 6.07) is 17.5. The number of amides is 1. The molecule has 134 valence electrons. The minimum absolute atomic E-state index is 0.169. The molecule has 2 aromatic heterocycles. The van der Waals surface area contributed by atoms with Crippen molar-refractivity contribution in [3.8, 4) is 0 Å². The Morgan fingerprint density at radius 1 is 1.11 bits per heavy atom. The minimum atomic E-state index is -0.348. The molecule has 0 unspecified atom stereocenters. The first-order valence-electron chi connectivity index (χ1n) is 8.77. The van der Waals surface area contributed by atoms with Crippen LogP contribution in [0.15, 0.2) is 54.6 Å². The number of rotatable bonds is 4. The zero-order valence-electron chi connectivity index (χ0n) is 15.2. The van der Waals surface area contributed by atoms with Crippen LogP contribution in [0, 0.1) is 6.92 Å². The van der Waals surface area contributed by atoms with E-state index < -0.39 is 0 Å². The summed E-state index contributed by atoms with van der Waals surface area (Å²) in [6.45, 7) is 2.25. The lowest BCUT2D eigenvalue weighted by molar-refractivity contribution is 0.0940. The molecule has 0 fully saturated rings. The first-order chi connectivity index (χ1) is 13.1. The van der Waals surface area contributed by atoms with Crippen LogP contribution in [-0.4, -0.2) is 21.7 Å². The molecule has 5 heteroatoms. The number of carbonyl (C=O) groups is 2. The Morgan fingerprint density at radius 2 is 1.81 bits per heavy atom. The second kappa shape index (κ2) is 6.68. The Labute approximate surface area is 156 Å². The Kier molecular flexibility index (Phi) is 4.20. The van der Waals surface area contributed by atoms with Gasteiger partial charge in [-0.15, -0.1) is 0 Å². The van der Waals surface area contributed by atoms with Crippen LogP contribution in [0.4, 0.5) is 0 Å². The molecule has 4 aromatic rings. The van der Waals surface area contributed by atoms with Crippen molar-refractivity contribution >= 4 is 34.0 Å². The van der Waals surface area contributed by atoms with E-state index in [-0.39, 0.29) is 11.6 Å². The van der Waals surface area contributed by atoms with E-state index in [0.717, 1.165) is 39.3 Å². The lowest BCUT2D eigenvalue weighted by Gasteiger charge is -2.10. The van der Waals surface area contributed by atoms with Crippen molar-refractivity contribution in [2.45, 2.75) is 13.5 Å². The Balaban J connectivity index is 1.85. The van der Waals surface area contributed by atoms with Gasteiger partial charge in [0.2, 0.25) is 0 Å². The van der Waals surface area contributed by atoms with Gasteiger partial charge in [0.25, 0.3) is 5.91 Å². The molecule has 0 saturated carbocycles. The third-order valence-corrected chi connectivity index (χ3v) is 4.88. The van der Waals surface area contributed by atoms with Crippen LogP contribution in [-0.2, 0) is 13.6 Å². The summed E-state index contributed by atoms with van der Waals surface area (Å²) < 4.78 is 2.02. The number of nitrogens with zero attached hydrogens (tertiary/aromatic N) is 2. The summed E-state index contributed by atoms with van der Waals surface area (Å²) >= 11 is 0. The predicted molar refractivity (Wildman–Crippen MR) is 106 cm³/mol. The highest BCUT2D eigenvalue weighted by Crippen LogP contribution is 2.32. The molecule has 0 bridgehead atoms. The zero-order chi connectivity index (χ0) is 19.0. The number of hydrogen-bond donors (Lipinski definition) is 1. The molecule has 0 aliphatic heterocycles. The standard InChI is InChI=1S/C22H19N3O2/c1-14-21-19(16-10-6-7-11-18(16)25(21)2)17(13-26)20(24-14)22(27)23-12-15-8-4-3-5-9-15/h3-11,13H,12H2,1-2H3,(H,23,27). The summed E-state index contributed by atoms with van der Waals surface area (Å²) in [4.78, 5) is 29.2. The highest BCUT2D eigenvalue weighted by molar-refractivity contribution is 6.18. The van der Waals surface area contributed by atoms with E-state index in [1.54, 1.807) is 0 Å². The van der Waals surface area contributed by atoms with Crippen LogP contribution >= 0.6 is 0 Å². The van der Waals surface area contributed by atoms with Gasteiger partial charge in [0.05, 0.1) is 16.8 Å². The minimum Gasteiger partial charge on any atom is -0.347 e. The SMILES string of the molecule is Cc1nc(C(=O)NCc2ccccc2)c(C=O)c2c3ccccc3n(C)c12. The van der Waals surface area contributed by atoms with E-state index in [2.05, 4.69) is 10.3 Å². The van der Waals surface area contributed by atoms with Crippen molar-refractivity contribution in [3.63, 3.8) is 0 Å². The Hall–Kier alpha value is -3.47. The van der Waals surface area contributed by atoms with Gasteiger partial charge in [0, 0.05) is 29.9 Å². The third kappa shape index (κ3) is 2.77. The number of hydrogen-bond acceptors (Lipinski definition) is 3. The molecule has 1 N–H and O–H groups in total. The van der Waals surface area contributed by atoms with Crippen LogP contribution < -0.4 is 5.32 Å². The Bertz CT molecular complexity index is 1180. The molecule has 2 heterocycles. The van der Waals surface area contributed by atoms with Crippen molar-refractivity contribution in [2.75, 3.05) is 0 Å². The maximum Gasteiger partial charge on any atom is 0.270 e. The third-order valence-electron chi connectivity index (χ3n) is 4.88. The molecule has 0 saturated heterocycles. The van der Waals surface area contributed by atoms with E-state index in [9.17, 15) is 9.59 Å². The number of pyridine rings is 1. The van der Waals surface area contributed by atoms with Gasteiger partial charge in [-0.05, 0) is 18.6 Å². The maximum atomic E-state index is 12.8. The number of nitrogens with one attached hydrogen (secondary N) is 1. The molecule has 0 aliphatic carbocycles. The fraction of sp³-hybridized carbons (Fsp3) is 0.136. The number of fused-ring (bicyclic) bond motifs is 3. The van der Waals surface area contributed by atoms with Gasteiger partial charge in [0.15, 0.2) is 6.29 Å². The normalized spacial score (nSPS) is 11.0. The molecular weight excluding hydrogens is 338 g/mol. The molecule has 2 aromatic carbocycles. The molecule has 0 aliphatic rings. The monoisotopic (exact) mass is 357 g/mol. The molecule has 4 rings (SSSR count). The summed E-state index contributed by atoms with van der Waals surface area (Å²) in [6.07, 6.45) is 0.735. The molecule has 5 nitrogen and oxygen atoms in total. The van der Waals surface area contributed by atoms with Crippen LogP contribution in [0.2, 0.25) is 0 Å². The van der Waals surface area contributed by atoms with Gasteiger partial charge < -0.3 is 9.88 Å². The van der Waals surface area contributed by atoms with Crippen LogP contribution in [0.25, 0.3) is 21.8 Å². The number of aromatic nitrogens is 2. The van der Waals surface area contributed by atoms with Crippen molar-refractivity contribution in [2.24, 2.45) is 7.05 Å². The van der Waals surface area contributed by atoms with Gasteiger partial charge in [0.1, 0.15) is 5.69 Å². The average molecular weight is 357 g/mol. The van der Waals surface area contributed by atoms with Crippen LogP contribution in [0.3, 0.4) is 0 Å². The van der Waals surface area contributed by atoms with Gasteiger partial charge in [-0.25, -0.2) is 4.98 Å². The van der Waals surface area contributed by atoms with Gasteiger partial charge in [-0.3, -0.25) is 9.59 Å². The summed E-state index contributed by atoms with van der Waals surface area (Å²) in [7, 11) is 1.95. The summed E-state index contributed by atoms with van der Waals surface area (Å²) in [5.74, 6) is -0.348.